The van der Waals surface area contributed by atoms with Crippen molar-refractivity contribution >= 4 is 17.0 Å². The van der Waals surface area contributed by atoms with Crippen LogP contribution in [-0.4, -0.2) is 43.3 Å². The van der Waals surface area contributed by atoms with Crippen LogP contribution in [0.5, 0.6) is 11.5 Å². The number of hydrogen-bond donors (Lipinski definition) is 1. The van der Waals surface area contributed by atoms with Gasteiger partial charge in [0.2, 0.25) is 0 Å². The number of carbonyl (C=O) groups excluding carboxylic acids is 1. The van der Waals surface area contributed by atoms with Crippen molar-refractivity contribution in [1.82, 2.24) is 9.88 Å². The molecule has 0 radical (unpaired) electrons. The second-order valence-corrected chi connectivity index (χ2v) is 5.21. The van der Waals surface area contributed by atoms with E-state index in [-0.39, 0.29) is 6.09 Å². The van der Waals surface area contributed by atoms with E-state index in [1.165, 1.54) is 0 Å². The molecule has 1 aromatic heterocycles. The molecule has 1 aliphatic heterocycles. The highest BCUT2D eigenvalue weighted by Gasteiger charge is 2.25. The van der Waals surface area contributed by atoms with Gasteiger partial charge < -0.3 is 24.1 Å². The fourth-order valence-corrected chi connectivity index (χ4v) is 2.91. The number of fused-ring (bicyclic) bond motifs is 3. The van der Waals surface area contributed by atoms with Crippen molar-refractivity contribution in [2.45, 2.75) is 19.9 Å². The smallest absolute Gasteiger partial charge is 0.410 e. The van der Waals surface area contributed by atoms with E-state index in [9.17, 15) is 4.79 Å². The molecule has 1 amide bonds. The zero-order valence-electron chi connectivity index (χ0n) is 13.1. The van der Waals surface area contributed by atoms with Crippen LogP contribution < -0.4 is 9.47 Å². The SMILES string of the molecule is CCOC(=O)N1CCc2[nH]c3cc(OC)c(OC)cc3c2C1. The summed E-state index contributed by atoms with van der Waals surface area (Å²) in [5.41, 5.74) is 3.27. The third-order valence-corrected chi connectivity index (χ3v) is 4.01. The molecule has 118 valence electrons. The van der Waals surface area contributed by atoms with E-state index < -0.39 is 0 Å². The molecule has 0 unspecified atom stereocenters. The van der Waals surface area contributed by atoms with Gasteiger partial charge in [-0.1, -0.05) is 0 Å². The molecule has 0 fully saturated rings. The van der Waals surface area contributed by atoms with E-state index in [1.807, 2.05) is 19.1 Å². The van der Waals surface area contributed by atoms with Gasteiger partial charge in [-0.25, -0.2) is 4.79 Å². The summed E-state index contributed by atoms with van der Waals surface area (Å²) in [6.45, 7) is 3.41. The van der Waals surface area contributed by atoms with Crippen LogP contribution in [0.4, 0.5) is 4.79 Å². The molecule has 6 nitrogen and oxygen atoms in total. The summed E-state index contributed by atoms with van der Waals surface area (Å²) in [5, 5.41) is 1.06. The Balaban J connectivity index is 2.01. The molecule has 1 N–H and O–H groups in total. The van der Waals surface area contributed by atoms with Gasteiger partial charge in [0, 0.05) is 41.2 Å². The predicted molar refractivity (Wildman–Crippen MR) is 82.5 cm³/mol. The van der Waals surface area contributed by atoms with Crippen molar-refractivity contribution in [3.05, 3.63) is 23.4 Å². The molecule has 22 heavy (non-hydrogen) atoms. The maximum Gasteiger partial charge on any atom is 0.410 e. The van der Waals surface area contributed by atoms with Crippen molar-refractivity contribution in [2.75, 3.05) is 27.4 Å². The highest BCUT2D eigenvalue weighted by molar-refractivity contribution is 5.88. The van der Waals surface area contributed by atoms with E-state index in [1.54, 1.807) is 19.1 Å². The molecule has 0 bridgehead atoms. The van der Waals surface area contributed by atoms with Crippen LogP contribution in [0.1, 0.15) is 18.2 Å². The molecule has 1 aliphatic rings. The Labute approximate surface area is 128 Å². The Morgan fingerprint density at radius 2 is 2.00 bits per heavy atom. The quantitative estimate of drug-likeness (QED) is 0.947. The molecule has 0 atom stereocenters. The first kappa shape index (κ1) is 14.6. The number of methoxy groups -OCH3 is 2. The minimum atomic E-state index is -0.261. The molecule has 0 saturated heterocycles. The summed E-state index contributed by atoms with van der Waals surface area (Å²) in [5.74, 6) is 1.38. The number of aromatic amines is 1. The van der Waals surface area contributed by atoms with E-state index in [0.717, 1.165) is 28.6 Å². The molecule has 2 heterocycles. The van der Waals surface area contributed by atoms with Crippen molar-refractivity contribution in [3.63, 3.8) is 0 Å². The number of benzene rings is 1. The van der Waals surface area contributed by atoms with Gasteiger partial charge in [-0.05, 0) is 13.0 Å². The molecule has 6 heteroatoms. The first-order chi connectivity index (χ1) is 10.7. The Bertz CT molecular complexity index is 708. The monoisotopic (exact) mass is 304 g/mol. The van der Waals surface area contributed by atoms with E-state index in [0.29, 0.717) is 31.2 Å². The maximum atomic E-state index is 11.9. The van der Waals surface area contributed by atoms with Gasteiger partial charge >= 0.3 is 6.09 Å². The van der Waals surface area contributed by atoms with Crippen LogP contribution in [0.15, 0.2) is 12.1 Å². The van der Waals surface area contributed by atoms with Gasteiger partial charge in [0.25, 0.3) is 0 Å². The number of H-pyrrole nitrogens is 1. The Morgan fingerprint density at radius 3 is 2.68 bits per heavy atom. The highest BCUT2D eigenvalue weighted by atomic mass is 16.6. The Morgan fingerprint density at radius 1 is 1.27 bits per heavy atom. The fourth-order valence-electron chi connectivity index (χ4n) is 2.91. The zero-order chi connectivity index (χ0) is 15.7. The molecule has 0 aliphatic carbocycles. The lowest BCUT2D eigenvalue weighted by Crippen LogP contribution is -2.36. The molecular formula is C16H20N2O4. The average Bonchev–Trinajstić information content (AvgIpc) is 2.90. The summed E-state index contributed by atoms with van der Waals surface area (Å²) in [6.07, 6.45) is 0.524. The Hall–Kier alpha value is -2.37. The van der Waals surface area contributed by atoms with Crippen molar-refractivity contribution in [3.8, 4) is 11.5 Å². The van der Waals surface area contributed by atoms with Crippen molar-refractivity contribution < 1.29 is 19.0 Å². The van der Waals surface area contributed by atoms with Crippen LogP contribution in [0.2, 0.25) is 0 Å². The number of amides is 1. The van der Waals surface area contributed by atoms with Crippen molar-refractivity contribution in [2.24, 2.45) is 0 Å². The number of aromatic nitrogens is 1. The van der Waals surface area contributed by atoms with Crippen LogP contribution in [0, 0.1) is 0 Å². The summed E-state index contributed by atoms with van der Waals surface area (Å²) in [7, 11) is 3.24. The highest BCUT2D eigenvalue weighted by Crippen LogP contribution is 2.36. The summed E-state index contributed by atoms with van der Waals surface area (Å²) in [4.78, 5) is 17.1. The van der Waals surface area contributed by atoms with Gasteiger partial charge in [-0.15, -0.1) is 0 Å². The third kappa shape index (κ3) is 2.34. The standard InChI is InChI=1S/C16H20N2O4/c1-4-22-16(19)18-6-5-12-11(9-18)10-7-14(20-2)15(21-3)8-13(10)17-12/h7-8,17H,4-6,9H2,1-3H3. The van der Waals surface area contributed by atoms with Gasteiger partial charge in [0.15, 0.2) is 11.5 Å². The van der Waals surface area contributed by atoms with Crippen LogP contribution >= 0.6 is 0 Å². The summed E-state index contributed by atoms with van der Waals surface area (Å²) < 4.78 is 15.8. The van der Waals surface area contributed by atoms with E-state index in [4.69, 9.17) is 14.2 Å². The predicted octanol–water partition coefficient (Wildman–Crippen LogP) is 2.70. The van der Waals surface area contributed by atoms with Gasteiger partial charge in [0.1, 0.15) is 0 Å². The fraction of sp³-hybridized carbons (Fsp3) is 0.438. The Kier molecular flexibility index (Phi) is 3.83. The lowest BCUT2D eigenvalue weighted by atomic mass is 10.0. The second-order valence-electron chi connectivity index (χ2n) is 5.21. The van der Waals surface area contributed by atoms with Gasteiger partial charge in [-0.3, -0.25) is 0 Å². The van der Waals surface area contributed by atoms with Crippen LogP contribution in [-0.2, 0) is 17.7 Å². The van der Waals surface area contributed by atoms with Gasteiger partial charge in [0.05, 0.1) is 27.4 Å². The lowest BCUT2D eigenvalue weighted by molar-refractivity contribution is 0.103. The zero-order valence-corrected chi connectivity index (χ0v) is 13.1. The number of ether oxygens (including phenoxy) is 3. The minimum absolute atomic E-state index is 0.261. The first-order valence-electron chi connectivity index (χ1n) is 7.35. The summed E-state index contributed by atoms with van der Waals surface area (Å²) >= 11 is 0. The topological polar surface area (TPSA) is 63.8 Å². The number of nitrogens with zero attached hydrogens (tertiary/aromatic N) is 1. The molecular weight excluding hydrogens is 284 g/mol. The molecule has 1 aromatic carbocycles. The number of carbonyl (C=O) groups is 1. The molecule has 0 spiro atoms. The minimum Gasteiger partial charge on any atom is -0.493 e. The second kappa shape index (κ2) is 5.79. The maximum absolute atomic E-state index is 11.9. The van der Waals surface area contributed by atoms with Crippen molar-refractivity contribution in [1.29, 1.82) is 0 Å². The number of hydrogen-bond acceptors (Lipinski definition) is 4. The van der Waals surface area contributed by atoms with Crippen LogP contribution in [0.25, 0.3) is 10.9 Å². The summed E-state index contributed by atoms with van der Waals surface area (Å²) in [6, 6.07) is 3.89. The van der Waals surface area contributed by atoms with Gasteiger partial charge in [-0.2, -0.15) is 0 Å². The molecule has 0 saturated carbocycles. The van der Waals surface area contributed by atoms with Crippen LogP contribution in [0.3, 0.4) is 0 Å². The number of rotatable bonds is 3. The third-order valence-electron chi connectivity index (χ3n) is 4.01. The normalized spacial score (nSPS) is 13.9. The first-order valence-corrected chi connectivity index (χ1v) is 7.35. The average molecular weight is 304 g/mol. The molecule has 2 aromatic rings. The largest absolute Gasteiger partial charge is 0.493 e. The van der Waals surface area contributed by atoms with E-state index in [2.05, 4.69) is 4.98 Å². The number of nitrogens with one attached hydrogen (secondary N) is 1. The van der Waals surface area contributed by atoms with E-state index >= 15 is 0 Å². The molecule has 3 rings (SSSR count). The lowest BCUT2D eigenvalue weighted by Gasteiger charge is -2.26.